The summed E-state index contributed by atoms with van der Waals surface area (Å²) in [4.78, 5) is 27.8. The van der Waals surface area contributed by atoms with Crippen LogP contribution in [0.1, 0.15) is 25.8 Å². The van der Waals surface area contributed by atoms with Crippen LogP contribution in [0.4, 0.5) is 5.69 Å². The lowest BCUT2D eigenvalue weighted by atomic mass is 10.1. The monoisotopic (exact) mass is 549 g/mol. The molecule has 0 heterocycles. The molecule has 192 valence electrons. The Labute approximate surface area is 222 Å². The molecule has 7 nitrogen and oxygen atoms in total. The number of rotatable bonds is 10. The Hall–Kier alpha value is -2.81. The first-order valence-corrected chi connectivity index (χ1v) is 14.1. The summed E-state index contributed by atoms with van der Waals surface area (Å²) in [5.74, 6) is -0.923. The SMILES string of the molecule is CCCNC(=O)[C@H](C)N(Cc1c(Cl)cccc1Cl)C(=O)CN(c1cccc2ccccc12)S(C)(=O)=O. The van der Waals surface area contributed by atoms with Crippen molar-refractivity contribution in [2.45, 2.75) is 32.9 Å². The molecule has 36 heavy (non-hydrogen) atoms. The Morgan fingerprint density at radius 3 is 2.22 bits per heavy atom. The van der Waals surface area contributed by atoms with Crippen LogP contribution < -0.4 is 9.62 Å². The predicted molar refractivity (Wildman–Crippen MR) is 146 cm³/mol. The van der Waals surface area contributed by atoms with Gasteiger partial charge in [-0.25, -0.2) is 8.42 Å². The Morgan fingerprint density at radius 2 is 1.58 bits per heavy atom. The zero-order valence-corrected chi connectivity index (χ0v) is 22.7. The fourth-order valence-corrected chi connectivity index (χ4v) is 5.23. The normalized spacial score (nSPS) is 12.2. The third kappa shape index (κ3) is 6.49. The quantitative estimate of drug-likeness (QED) is 0.391. The van der Waals surface area contributed by atoms with E-state index in [2.05, 4.69) is 5.32 Å². The van der Waals surface area contributed by atoms with Gasteiger partial charge in [0.05, 0.1) is 11.9 Å². The second-order valence-electron chi connectivity index (χ2n) is 8.46. The zero-order valence-electron chi connectivity index (χ0n) is 20.4. The van der Waals surface area contributed by atoms with Crippen molar-refractivity contribution < 1.29 is 18.0 Å². The number of carbonyl (C=O) groups excluding carboxylic acids is 2. The Kier molecular flexibility index (Phi) is 9.22. The van der Waals surface area contributed by atoms with Gasteiger partial charge in [0.25, 0.3) is 0 Å². The molecule has 3 aromatic rings. The summed E-state index contributed by atoms with van der Waals surface area (Å²) < 4.78 is 26.8. The molecule has 0 aromatic heterocycles. The first-order valence-electron chi connectivity index (χ1n) is 11.5. The van der Waals surface area contributed by atoms with Gasteiger partial charge >= 0.3 is 0 Å². The fraction of sp³-hybridized carbons (Fsp3) is 0.308. The van der Waals surface area contributed by atoms with Crippen molar-refractivity contribution in [2.24, 2.45) is 0 Å². The van der Waals surface area contributed by atoms with E-state index in [-0.39, 0.29) is 12.5 Å². The molecule has 0 aliphatic heterocycles. The van der Waals surface area contributed by atoms with Gasteiger partial charge < -0.3 is 10.2 Å². The van der Waals surface area contributed by atoms with Crippen molar-refractivity contribution in [1.29, 1.82) is 0 Å². The molecule has 3 rings (SSSR count). The number of anilines is 1. The van der Waals surface area contributed by atoms with Gasteiger partial charge in [-0.15, -0.1) is 0 Å². The second-order valence-corrected chi connectivity index (χ2v) is 11.2. The van der Waals surface area contributed by atoms with Gasteiger partial charge in [0.1, 0.15) is 12.6 Å². The van der Waals surface area contributed by atoms with Crippen LogP contribution >= 0.6 is 23.2 Å². The lowest BCUT2D eigenvalue weighted by molar-refractivity contribution is -0.139. The minimum Gasteiger partial charge on any atom is -0.354 e. The summed E-state index contributed by atoms with van der Waals surface area (Å²) in [6.45, 7) is 3.40. The van der Waals surface area contributed by atoms with E-state index in [0.29, 0.717) is 33.2 Å². The number of hydrogen-bond acceptors (Lipinski definition) is 4. The molecular weight excluding hydrogens is 521 g/mol. The zero-order chi connectivity index (χ0) is 26.5. The maximum atomic E-state index is 13.7. The van der Waals surface area contributed by atoms with E-state index in [4.69, 9.17) is 23.2 Å². The lowest BCUT2D eigenvalue weighted by Crippen LogP contribution is -2.51. The third-order valence-electron chi connectivity index (χ3n) is 5.82. The molecule has 0 bridgehead atoms. The molecule has 1 atom stereocenters. The summed E-state index contributed by atoms with van der Waals surface area (Å²) in [6, 6.07) is 16.7. The van der Waals surface area contributed by atoms with Crippen LogP contribution in [0.25, 0.3) is 10.8 Å². The molecule has 0 aliphatic carbocycles. The topological polar surface area (TPSA) is 86.8 Å². The molecule has 0 saturated heterocycles. The molecule has 0 saturated carbocycles. The first-order chi connectivity index (χ1) is 17.0. The average molecular weight is 551 g/mol. The third-order valence-corrected chi connectivity index (χ3v) is 7.66. The molecule has 0 spiro atoms. The Morgan fingerprint density at radius 1 is 0.972 bits per heavy atom. The highest BCUT2D eigenvalue weighted by Gasteiger charge is 2.31. The van der Waals surface area contributed by atoms with Gasteiger partial charge in [-0.3, -0.25) is 13.9 Å². The summed E-state index contributed by atoms with van der Waals surface area (Å²) in [6.07, 6.45) is 1.78. The molecule has 2 amide bonds. The number of sulfonamides is 1. The smallest absolute Gasteiger partial charge is 0.244 e. The van der Waals surface area contributed by atoms with Crippen molar-refractivity contribution in [3.63, 3.8) is 0 Å². The summed E-state index contributed by atoms with van der Waals surface area (Å²) in [7, 11) is -3.85. The summed E-state index contributed by atoms with van der Waals surface area (Å²) in [5, 5.41) is 5.00. The average Bonchev–Trinajstić information content (AvgIpc) is 2.84. The van der Waals surface area contributed by atoms with Crippen LogP contribution in [-0.2, 0) is 26.2 Å². The number of nitrogens with zero attached hydrogens (tertiary/aromatic N) is 2. The minimum absolute atomic E-state index is 0.0643. The van der Waals surface area contributed by atoms with Gasteiger partial charge in [0, 0.05) is 34.1 Å². The van der Waals surface area contributed by atoms with E-state index in [0.717, 1.165) is 22.4 Å². The number of benzene rings is 3. The van der Waals surface area contributed by atoms with E-state index in [1.165, 1.54) is 4.90 Å². The van der Waals surface area contributed by atoms with Crippen molar-refractivity contribution >= 4 is 61.5 Å². The van der Waals surface area contributed by atoms with Crippen LogP contribution in [0, 0.1) is 0 Å². The van der Waals surface area contributed by atoms with Crippen molar-refractivity contribution in [1.82, 2.24) is 10.2 Å². The lowest BCUT2D eigenvalue weighted by Gasteiger charge is -2.32. The summed E-state index contributed by atoms with van der Waals surface area (Å²) >= 11 is 12.7. The number of nitrogens with one attached hydrogen (secondary N) is 1. The number of carbonyl (C=O) groups is 2. The number of hydrogen-bond donors (Lipinski definition) is 1. The van der Waals surface area contributed by atoms with Crippen LogP contribution in [0.15, 0.2) is 60.7 Å². The second kappa shape index (κ2) is 12.0. The highest BCUT2D eigenvalue weighted by atomic mass is 35.5. The molecular formula is C26H29Cl2N3O4S. The number of halogens is 2. The molecule has 10 heteroatoms. The van der Waals surface area contributed by atoms with Gasteiger partial charge in [0.15, 0.2) is 0 Å². The van der Waals surface area contributed by atoms with E-state index in [1.54, 1.807) is 49.4 Å². The van der Waals surface area contributed by atoms with E-state index < -0.39 is 28.5 Å². The van der Waals surface area contributed by atoms with E-state index in [1.807, 2.05) is 25.1 Å². The van der Waals surface area contributed by atoms with Crippen LogP contribution in [0.2, 0.25) is 10.0 Å². The highest BCUT2D eigenvalue weighted by molar-refractivity contribution is 7.92. The van der Waals surface area contributed by atoms with Gasteiger partial charge in [-0.1, -0.05) is 72.6 Å². The maximum absolute atomic E-state index is 13.7. The van der Waals surface area contributed by atoms with Crippen molar-refractivity contribution in [2.75, 3.05) is 23.7 Å². The number of amides is 2. The fourth-order valence-electron chi connectivity index (χ4n) is 3.85. The molecule has 0 aliphatic rings. The van der Waals surface area contributed by atoms with Crippen molar-refractivity contribution in [3.8, 4) is 0 Å². The number of fused-ring (bicyclic) bond motifs is 1. The van der Waals surface area contributed by atoms with Crippen LogP contribution in [0.3, 0.4) is 0 Å². The van der Waals surface area contributed by atoms with Crippen LogP contribution in [-0.4, -0.2) is 50.5 Å². The van der Waals surface area contributed by atoms with Gasteiger partial charge in [-0.2, -0.15) is 0 Å². The summed E-state index contributed by atoms with van der Waals surface area (Å²) in [5.41, 5.74) is 0.850. The van der Waals surface area contributed by atoms with Crippen molar-refractivity contribution in [3.05, 3.63) is 76.3 Å². The first kappa shape index (κ1) is 27.8. The highest BCUT2D eigenvalue weighted by Crippen LogP contribution is 2.30. The maximum Gasteiger partial charge on any atom is 0.244 e. The van der Waals surface area contributed by atoms with Gasteiger partial charge in [-0.05, 0) is 36.9 Å². The molecule has 0 fully saturated rings. The molecule has 3 aromatic carbocycles. The largest absolute Gasteiger partial charge is 0.354 e. The molecule has 1 N–H and O–H groups in total. The molecule has 0 unspecified atom stereocenters. The van der Waals surface area contributed by atoms with Gasteiger partial charge in [0.2, 0.25) is 21.8 Å². The standard InChI is InChI=1S/C26H29Cl2N3O4S/c1-4-15-29-26(33)18(2)30(16-21-22(27)12-8-13-23(21)28)25(32)17-31(36(3,34)35)24-14-7-10-19-9-5-6-11-20(19)24/h5-14,18H,4,15-17H2,1-3H3,(H,29,33)/t18-/m0/s1. The van der Waals surface area contributed by atoms with Crippen LogP contribution in [0.5, 0.6) is 0 Å². The van der Waals surface area contributed by atoms with E-state index >= 15 is 0 Å². The Bertz CT molecular complexity index is 1340. The van der Waals surface area contributed by atoms with E-state index in [9.17, 15) is 18.0 Å². The predicted octanol–water partition coefficient (Wildman–Crippen LogP) is 4.86. The molecule has 0 radical (unpaired) electrons. The minimum atomic E-state index is -3.85. The Balaban J connectivity index is 2.02.